The first kappa shape index (κ1) is 17.8. The summed E-state index contributed by atoms with van der Waals surface area (Å²) in [5, 5.41) is 0. The normalized spacial score (nSPS) is 17.0. The van der Waals surface area contributed by atoms with Crippen LogP contribution in [0.4, 0.5) is 5.69 Å². The first-order valence-corrected chi connectivity index (χ1v) is 9.57. The van der Waals surface area contributed by atoms with Crippen molar-refractivity contribution >= 4 is 23.2 Å². The van der Waals surface area contributed by atoms with E-state index >= 15 is 0 Å². The summed E-state index contributed by atoms with van der Waals surface area (Å²) in [6.07, 6.45) is 1.83. The molecule has 0 fully saturated rings. The quantitative estimate of drug-likeness (QED) is 0.552. The van der Waals surface area contributed by atoms with Gasteiger partial charge in [-0.15, -0.1) is 11.8 Å². The Morgan fingerprint density at radius 3 is 2.60 bits per heavy atom. The van der Waals surface area contributed by atoms with Gasteiger partial charge in [0.15, 0.2) is 5.78 Å². The van der Waals surface area contributed by atoms with Gasteiger partial charge in [0.05, 0.1) is 5.75 Å². The molecule has 2 nitrogen and oxygen atoms in total. The molecular formula is C22H25NOS. The molecule has 0 bridgehead atoms. The van der Waals surface area contributed by atoms with Crippen molar-refractivity contribution in [3.05, 3.63) is 70.9 Å². The van der Waals surface area contributed by atoms with Crippen molar-refractivity contribution in [3.8, 4) is 0 Å². The van der Waals surface area contributed by atoms with Crippen LogP contribution in [0.2, 0.25) is 0 Å². The maximum atomic E-state index is 12.6. The molecule has 1 aliphatic rings. The first-order valence-electron chi connectivity index (χ1n) is 8.59. The number of carbonyl (C=O) groups is 1. The molecule has 3 heteroatoms. The van der Waals surface area contributed by atoms with E-state index in [1.54, 1.807) is 11.8 Å². The Balaban J connectivity index is 1.79. The highest BCUT2D eigenvalue weighted by Crippen LogP contribution is 2.46. The van der Waals surface area contributed by atoms with Crippen molar-refractivity contribution in [1.29, 1.82) is 0 Å². The summed E-state index contributed by atoms with van der Waals surface area (Å²) in [4.78, 5) is 16.0. The van der Waals surface area contributed by atoms with E-state index in [0.717, 1.165) is 5.70 Å². The molecule has 130 valence electrons. The zero-order valence-electron chi connectivity index (χ0n) is 15.6. The second kappa shape index (κ2) is 6.72. The number of hydrogen-bond acceptors (Lipinski definition) is 3. The Labute approximate surface area is 154 Å². The van der Waals surface area contributed by atoms with Crippen molar-refractivity contribution in [2.24, 2.45) is 0 Å². The summed E-state index contributed by atoms with van der Waals surface area (Å²) >= 11 is 1.63. The van der Waals surface area contributed by atoms with Gasteiger partial charge < -0.3 is 4.90 Å². The second-order valence-corrected chi connectivity index (χ2v) is 8.27. The predicted molar refractivity (Wildman–Crippen MR) is 108 cm³/mol. The third kappa shape index (κ3) is 3.38. The van der Waals surface area contributed by atoms with Gasteiger partial charge in [-0.3, -0.25) is 4.79 Å². The van der Waals surface area contributed by atoms with Gasteiger partial charge in [-0.1, -0.05) is 49.7 Å². The summed E-state index contributed by atoms with van der Waals surface area (Å²) < 4.78 is 0. The lowest BCUT2D eigenvalue weighted by molar-refractivity contribution is -0.112. The van der Waals surface area contributed by atoms with Crippen LogP contribution in [-0.4, -0.2) is 18.6 Å². The number of nitrogens with zero attached hydrogens (tertiary/aromatic N) is 1. The Morgan fingerprint density at radius 1 is 1.16 bits per heavy atom. The monoisotopic (exact) mass is 351 g/mol. The number of ketones is 1. The molecule has 0 unspecified atom stereocenters. The van der Waals surface area contributed by atoms with Crippen LogP contribution < -0.4 is 4.90 Å². The first-order chi connectivity index (χ1) is 11.8. The molecule has 0 saturated heterocycles. The third-order valence-electron chi connectivity index (χ3n) is 4.95. The molecule has 0 aromatic heterocycles. The molecule has 2 aromatic rings. The SMILES string of the molecule is Cc1ccc(C)c(SCC(=O)C=C2N(C)c3ccccc3C2(C)C)c1. The standard InChI is InChI=1S/C22H25NOS/c1-15-10-11-16(2)20(12-15)25-14-17(24)13-21-22(3,4)18-8-6-7-9-19(18)23(21)5/h6-13H,14H2,1-5H3. The summed E-state index contributed by atoms with van der Waals surface area (Å²) in [5.74, 6) is 0.627. The fourth-order valence-corrected chi connectivity index (χ4v) is 4.41. The van der Waals surface area contributed by atoms with E-state index in [0.29, 0.717) is 5.75 Å². The molecule has 0 N–H and O–H groups in total. The van der Waals surface area contributed by atoms with Crippen LogP contribution in [0, 0.1) is 13.8 Å². The van der Waals surface area contributed by atoms with Crippen LogP contribution in [0.15, 0.2) is 59.1 Å². The van der Waals surface area contributed by atoms with Gasteiger partial charge >= 0.3 is 0 Å². The van der Waals surface area contributed by atoms with E-state index in [2.05, 4.69) is 69.0 Å². The average Bonchev–Trinajstić information content (AvgIpc) is 2.77. The van der Waals surface area contributed by atoms with Crippen LogP contribution in [0.25, 0.3) is 0 Å². The van der Waals surface area contributed by atoms with E-state index < -0.39 is 0 Å². The minimum atomic E-state index is -0.148. The van der Waals surface area contributed by atoms with Gasteiger partial charge in [-0.05, 0) is 37.1 Å². The van der Waals surface area contributed by atoms with Gasteiger partial charge in [-0.25, -0.2) is 0 Å². The van der Waals surface area contributed by atoms with Crippen molar-refractivity contribution in [2.45, 2.75) is 38.0 Å². The summed E-state index contributed by atoms with van der Waals surface area (Å²) in [6, 6.07) is 14.8. The number of anilines is 1. The lowest BCUT2D eigenvalue weighted by Crippen LogP contribution is -2.24. The number of fused-ring (bicyclic) bond motifs is 1. The highest BCUT2D eigenvalue weighted by molar-refractivity contribution is 8.00. The number of likely N-dealkylation sites (N-methyl/N-ethyl adjacent to an activating group) is 1. The van der Waals surface area contributed by atoms with E-state index in [-0.39, 0.29) is 11.2 Å². The fraction of sp³-hybridized carbons (Fsp3) is 0.318. The number of allylic oxidation sites excluding steroid dienone is 2. The lowest BCUT2D eigenvalue weighted by atomic mass is 9.83. The zero-order chi connectivity index (χ0) is 18.2. The smallest absolute Gasteiger partial charge is 0.167 e. The second-order valence-electron chi connectivity index (χ2n) is 7.25. The Morgan fingerprint density at radius 2 is 1.88 bits per heavy atom. The molecule has 0 aliphatic carbocycles. The largest absolute Gasteiger partial charge is 0.347 e. The molecule has 0 radical (unpaired) electrons. The maximum Gasteiger partial charge on any atom is 0.167 e. The van der Waals surface area contributed by atoms with Gasteiger partial charge in [0.1, 0.15) is 0 Å². The minimum Gasteiger partial charge on any atom is -0.347 e. The molecule has 25 heavy (non-hydrogen) atoms. The zero-order valence-corrected chi connectivity index (χ0v) is 16.4. The molecule has 0 spiro atoms. The van der Waals surface area contributed by atoms with E-state index in [4.69, 9.17) is 0 Å². The molecule has 0 atom stereocenters. The summed E-state index contributed by atoms with van der Waals surface area (Å²) in [6.45, 7) is 8.55. The highest BCUT2D eigenvalue weighted by Gasteiger charge is 2.38. The minimum absolute atomic E-state index is 0.148. The Kier molecular flexibility index (Phi) is 4.79. The maximum absolute atomic E-state index is 12.6. The number of thioether (sulfide) groups is 1. The van der Waals surface area contributed by atoms with Gasteiger partial charge in [0, 0.05) is 34.8 Å². The third-order valence-corrected chi connectivity index (χ3v) is 6.13. The van der Waals surface area contributed by atoms with Crippen LogP contribution in [0.3, 0.4) is 0 Å². The van der Waals surface area contributed by atoms with Crippen LogP contribution >= 0.6 is 11.8 Å². The Hall–Kier alpha value is -2.00. The van der Waals surface area contributed by atoms with Crippen molar-refractivity contribution in [2.75, 3.05) is 17.7 Å². The van der Waals surface area contributed by atoms with E-state index in [1.807, 2.05) is 19.2 Å². The van der Waals surface area contributed by atoms with E-state index in [9.17, 15) is 4.79 Å². The number of para-hydroxylation sites is 1. The number of carbonyl (C=O) groups excluding carboxylic acids is 1. The number of rotatable bonds is 4. The van der Waals surface area contributed by atoms with Crippen molar-refractivity contribution in [3.63, 3.8) is 0 Å². The van der Waals surface area contributed by atoms with Gasteiger partial charge in [0.25, 0.3) is 0 Å². The topological polar surface area (TPSA) is 20.3 Å². The van der Waals surface area contributed by atoms with Gasteiger partial charge in [-0.2, -0.15) is 0 Å². The summed E-state index contributed by atoms with van der Waals surface area (Å²) in [5.41, 5.74) is 5.84. The fourth-order valence-electron chi connectivity index (χ4n) is 3.46. The van der Waals surface area contributed by atoms with Crippen LogP contribution in [-0.2, 0) is 10.2 Å². The molecule has 1 heterocycles. The highest BCUT2D eigenvalue weighted by atomic mass is 32.2. The predicted octanol–water partition coefficient (Wildman–Crippen LogP) is 5.28. The number of aryl methyl sites for hydroxylation is 2. The van der Waals surface area contributed by atoms with Crippen LogP contribution in [0.1, 0.15) is 30.5 Å². The molecule has 1 aliphatic heterocycles. The Bertz CT molecular complexity index is 851. The van der Waals surface area contributed by atoms with Crippen molar-refractivity contribution < 1.29 is 4.79 Å². The lowest BCUT2D eigenvalue weighted by Gasteiger charge is -2.24. The van der Waals surface area contributed by atoms with Gasteiger partial charge in [0.2, 0.25) is 0 Å². The molecule has 0 saturated carbocycles. The molecular weight excluding hydrogens is 326 g/mol. The average molecular weight is 352 g/mol. The molecule has 0 amide bonds. The van der Waals surface area contributed by atoms with Crippen LogP contribution in [0.5, 0.6) is 0 Å². The summed E-state index contributed by atoms with van der Waals surface area (Å²) in [7, 11) is 2.05. The number of benzene rings is 2. The molecule has 2 aromatic carbocycles. The number of hydrogen-bond donors (Lipinski definition) is 0. The van der Waals surface area contributed by atoms with E-state index in [1.165, 1.54) is 27.3 Å². The molecule has 3 rings (SSSR count). The van der Waals surface area contributed by atoms with Crippen molar-refractivity contribution in [1.82, 2.24) is 0 Å².